The number of amides is 1. The summed E-state index contributed by atoms with van der Waals surface area (Å²) in [6, 6.07) is 0. The first-order valence-corrected chi connectivity index (χ1v) is 3.46. The van der Waals surface area contributed by atoms with E-state index in [1.165, 1.54) is 0 Å². The second-order valence-electron chi connectivity index (χ2n) is 2.65. The summed E-state index contributed by atoms with van der Waals surface area (Å²) in [5, 5.41) is 11.2. The first-order chi connectivity index (χ1) is 4.63. The van der Waals surface area contributed by atoms with Crippen molar-refractivity contribution < 1.29 is 9.90 Å². The molecular weight excluding hydrogens is 130 g/mol. The number of aliphatic hydroxyl groups is 1. The molecule has 2 N–H and O–H groups in total. The number of aliphatic hydroxyl groups excluding tert-OH is 1. The van der Waals surface area contributed by atoms with Crippen LogP contribution in [0.1, 0.15) is 13.8 Å². The highest BCUT2D eigenvalue weighted by molar-refractivity contribution is 5.78. The lowest BCUT2D eigenvalue weighted by Crippen LogP contribution is -2.33. The summed E-state index contributed by atoms with van der Waals surface area (Å²) in [5.74, 6) is -0.146. The van der Waals surface area contributed by atoms with Crippen molar-refractivity contribution in [2.45, 2.75) is 13.8 Å². The molecule has 0 heterocycles. The zero-order valence-electron chi connectivity index (χ0n) is 6.72. The fraction of sp³-hybridized carbons (Fsp3) is 0.857. The molecule has 0 aromatic rings. The third-order valence-corrected chi connectivity index (χ3v) is 1.58. The van der Waals surface area contributed by atoms with E-state index in [2.05, 4.69) is 5.32 Å². The molecule has 0 aromatic carbocycles. The molecule has 10 heavy (non-hydrogen) atoms. The zero-order chi connectivity index (χ0) is 8.15. The Labute approximate surface area is 61.4 Å². The van der Waals surface area contributed by atoms with E-state index in [0.29, 0.717) is 0 Å². The van der Waals surface area contributed by atoms with Gasteiger partial charge in [0.25, 0.3) is 0 Å². The molecule has 3 nitrogen and oxygen atoms in total. The van der Waals surface area contributed by atoms with Crippen molar-refractivity contribution in [2.24, 2.45) is 11.8 Å². The van der Waals surface area contributed by atoms with Crippen molar-refractivity contribution in [1.29, 1.82) is 0 Å². The predicted octanol–water partition coefficient (Wildman–Crippen LogP) is -0.00310. The normalized spacial score (nSPS) is 13.3. The molecule has 0 aliphatic heterocycles. The van der Waals surface area contributed by atoms with E-state index >= 15 is 0 Å². The Morgan fingerprint density at radius 3 is 2.20 bits per heavy atom. The molecule has 0 aliphatic rings. The summed E-state index contributed by atoms with van der Waals surface area (Å²) < 4.78 is 0. The van der Waals surface area contributed by atoms with Crippen LogP contribution in [0.4, 0.5) is 0 Å². The fourth-order valence-corrected chi connectivity index (χ4v) is 0.782. The molecule has 1 atom stereocenters. The molecule has 0 aromatic heterocycles. The van der Waals surface area contributed by atoms with Gasteiger partial charge < -0.3 is 10.4 Å². The average molecular weight is 145 g/mol. The molecule has 0 rings (SSSR count). The molecule has 1 amide bonds. The summed E-state index contributed by atoms with van der Waals surface area (Å²) in [6.07, 6.45) is 0. The molecule has 0 aliphatic carbocycles. The van der Waals surface area contributed by atoms with Crippen molar-refractivity contribution >= 4 is 5.91 Å². The first kappa shape index (κ1) is 9.43. The molecule has 0 bridgehead atoms. The Bertz CT molecular complexity index is 112. The Hall–Kier alpha value is -0.570. The van der Waals surface area contributed by atoms with Crippen LogP contribution in [0.3, 0.4) is 0 Å². The Balaban J connectivity index is 3.93. The Kier molecular flexibility index (Phi) is 4.03. The van der Waals surface area contributed by atoms with Crippen molar-refractivity contribution in [3.63, 3.8) is 0 Å². The van der Waals surface area contributed by atoms with E-state index in [0.717, 1.165) is 0 Å². The molecule has 0 saturated carbocycles. The van der Waals surface area contributed by atoms with E-state index in [4.69, 9.17) is 5.11 Å². The summed E-state index contributed by atoms with van der Waals surface area (Å²) in [6.45, 7) is 3.75. The summed E-state index contributed by atoms with van der Waals surface area (Å²) >= 11 is 0. The molecule has 0 saturated heterocycles. The average Bonchev–Trinajstić information content (AvgIpc) is 1.88. The minimum atomic E-state index is -0.259. The Morgan fingerprint density at radius 1 is 1.60 bits per heavy atom. The molecular formula is C7H15NO2. The molecule has 0 spiro atoms. The maximum atomic E-state index is 10.9. The topological polar surface area (TPSA) is 49.3 Å². The van der Waals surface area contributed by atoms with Crippen LogP contribution in [-0.2, 0) is 4.79 Å². The van der Waals surface area contributed by atoms with E-state index in [1.807, 2.05) is 13.8 Å². The van der Waals surface area contributed by atoms with Gasteiger partial charge in [0.15, 0.2) is 0 Å². The summed E-state index contributed by atoms with van der Waals surface area (Å²) in [5.41, 5.74) is 0. The van der Waals surface area contributed by atoms with E-state index in [-0.39, 0.29) is 24.3 Å². The third kappa shape index (κ3) is 2.35. The van der Waals surface area contributed by atoms with Gasteiger partial charge in [-0.15, -0.1) is 0 Å². The molecule has 0 radical (unpaired) electrons. The smallest absolute Gasteiger partial charge is 0.225 e. The van der Waals surface area contributed by atoms with Gasteiger partial charge in [-0.3, -0.25) is 4.79 Å². The zero-order valence-corrected chi connectivity index (χ0v) is 6.72. The number of rotatable bonds is 3. The van der Waals surface area contributed by atoms with E-state index < -0.39 is 0 Å². The van der Waals surface area contributed by atoms with Crippen LogP contribution in [0.2, 0.25) is 0 Å². The van der Waals surface area contributed by atoms with Crippen LogP contribution in [-0.4, -0.2) is 24.7 Å². The molecule has 1 unspecified atom stereocenters. The van der Waals surface area contributed by atoms with Gasteiger partial charge in [-0.25, -0.2) is 0 Å². The van der Waals surface area contributed by atoms with Crippen LogP contribution in [0.25, 0.3) is 0 Å². The lowest BCUT2D eigenvalue weighted by Gasteiger charge is -2.15. The van der Waals surface area contributed by atoms with Crippen molar-refractivity contribution in [2.75, 3.05) is 13.7 Å². The third-order valence-electron chi connectivity index (χ3n) is 1.58. The van der Waals surface area contributed by atoms with Crippen LogP contribution in [0.15, 0.2) is 0 Å². The number of carbonyl (C=O) groups excluding carboxylic acids is 1. The number of hydrogen-bond donors (Lipinski definition) is 2. The standard InChI is InChI=1S/C7H15NO2/c1-5(2)6(4-9)7(10)8-3/h5-6,9H,4H2,1-3H3,(H,8,10). The highest BCUT2D eigenvalue weighted by Crippen LogP contribution is 2.08. The van der Waals surface area contributed by atoms with E-state index in [1.54, 1.807) is 7.05 Å². The van der Waals surface area contributed by atoms with Crippen LogP contribution in [0.5, 0.6) is 0 Å². The summed E-state index contributed by atoms with van der Waals surface area (Å²) in [4.78, 5) is 10.9. The van der Waals surface area contributed by atoms with Gasteiger partial charge in [0.05, 0.1) is 12.5 Å². The largest absolute Gasteiger partial charge is 0.396 e. The van der Waals surface area contributed by atoms with Crippen LogP contribution < -0.4 is 5.32 Å². The highest BCUT2D eigenvalue weighted by atomic mass is 16.3. The highest BCUT2D eigenvalue weighted by Gasteiger charge is 2.19. The van der Waals surface area contributed by atoms with Gasteiger partial charge >= 0.3 is 0 Å². The van der Waals surface area contributed by atoms with Gasteiger partial charge in [0.1, 0.15) is 0 Å². The SMILES string of the molecule is CNC(=O)C(CO)C(C)C. The molecule has 60 valence electrons. The first-order valence-electron chi connectivity index (χ1n) is 3.46. The minimum absolute atomic E-state index is 0.0721. The van der Waals surface area contributed by atoms with Crippen LogP contribution in [0, 0.1) is 11.8 Å². The number of hydrogen-bond acceptors (Lipinski definition) is 2. The maximum Gasteiger partial charge on any atom is 0.225 e. The fourth-order valence-electron chi connectivity index (χ4n) is 0.782. The van der Waals surface area contributed by atoms with Gasteiger partial charge in [0, 0.05) is 7.05 Å². The second-order valence-corrected chi connectivity index (χ2v) is 2.65. The van der Waals surface area contributed by atoms with Crippen molar-refractivity contribution in [1.82, 2.24) is 5.32 Å². The predicted molar refractivity (Wildman–Crippen MR) is 39.5 cm³/mol. The van der Waals surface area contributed by atoms with E-state index in [9.17, 15) is 4.79 Å². The lowest BCUT2D eigenvalue weighted by molar-refractivity contribution is -0.127. The lowest BCUT2D eigenvalue weighted by atomic mass is 9.96. The monoisotopic (exact) mass is 145 g/mol. The summed E-state index contributed by atoms with van der Waals surface area (Å²) in [7, 11) is 1.58. The van der Waals surface area contributed by atoms with Crippen molar-refractivity contribution in [3.05, 3.63) is 0 Å². The molecule has 3 heteroatoms. The second kappa shape index (κ2) is 4.28. The van der Waals surface area contributed by atoms with Gasteiger partial charge in [0.2, 0.25) is 5.91 Å². The molecule has 0 fully saturated rings. The van der Waals surface area contributed by atoms with Crippen LogP contribution >= 0.6 is 0 Å². The number of carbonyl (C=O) groups is 1. The quantitative estimate of drug-likeness (QED) is 0.587. The van der Waals surface area contributed by atoms with Gasteiger partial charge in [-0.2, -0.15) is 0 Å². The maximum absolute atomic E-state index is 10.9. The number of nitrogens with one attached hydrogen (secondary N) is 1. The minimum Gasteiger partial charge on any atom is -0.396 e. The van der Waals surface area contributed by atoms with Gasteiger partial charge in [-0.1, -0.05) is 13.8 Å². The van der Waals surface area contributed by atoms with Gasteiger partial charge in [-0.05, 0) is 5.92 Å². The van der Waals surface area contributed by atoms with Crippen molar-refractivity contribution in [3.8, 4) is 0 Å². The Morgan fingerprint density at radius 2 is 2.10 bits per heavy atom.